The Bertz CT molecular complexity index is 842. The van der Waals surface area contributed by atoms with Gasteiger partial charge in [-0.15, -0.1) is 24.9 Å². The minimum atomic E-state index is -4.74. The van der Waals surface area contributed by atoms with Gasteiger partial charge in [0.2, 0.25) is 0 Å². The summed E-state index contributed by atoms with van der Waals surface area (Å²) in [6.45, 7) is 3.99. The number of aliphatic carboxylic acids is 1. The number of rotatable bonds is 12. The molecule has 1 unspecified atom stereocenters. The SMILES string of the molecule is CCOC(COc1ccc(OC(F)(F)F)cc1)CSc1ccc(OCC(=O)O)c(C)c1. The molecule has 0 saturated heterocycles. The number of hydrogen-bond donors (Lipinski definition) is 1. The molecule has 6 nitrogen and oxygen atoms in total. The van der Waals surface area contributed by atoms with Gasteiger partial charge in [-0.25, -0.2) is 4.79 Å². The van der Waals surface area contributed by atoms with Crippen molar-refractivity contribution in [2.24, 2.45) is 0 Å². The second kappa shape index (κ2) is 11.7. The number of benzene rings is 2. The lowest BCUT2D eigenvalue weighted by Gasteiger charge is -2.18. The number of alkyl halides is 3. The summed E-state index contributed by atoms with van der Waals surface area (Å²) in [5.41, 5.74) is 0.816. The third kappa shape index (κ3) is 9.39. The molecule has 1 atom stereocenters. The monoisotopic (exact) mass is 460 g/mol. The Morgan fingerprint density at radius 3 is 2.35 bits per heavy atom. The summed E-state index contributed by atoms with van der Waals surface area (Å²) in [4.78, 5) is 11.6. The summed E-state index contributed by atoms with van der Waals surface area (Å²) >= 11 is 1.54. The second-order valence-corrected chi connectivity index (χ2v) is 7.42. The molecule has 10 heteroatoms. The highest BCUT2D eigenvalue weighted by molar-refractivity contribution is 7.99. The Morgan fingerprint density at radius 2 is 1.77 bits per heavy atom. The van der Waals surface area contributed by atoms with Crippen LogP contribution in [-0.4, -0.2) is 49.1 Å². The van der Waals surface area contributed by atoms with E-state index in [0.717, 1.165) is 10.5 Å². The third-order valence-corrected chi connectivity index (χ3v) is 4.95. The highest BCUT2D eigenvalue weighted by Gasteiger charge is 2.31. The standard InChI is InChI=1S/C21H23F3O6S/c1-3-27-17(11-28-15-4-6-16(7-5-15)30-21(22,23)24)13-31-18-8-9-19(14(2)10-18)29-12-20(25)26/h4-10,17H,3,11-13H2,1-2H3,(H,25,26). The Morgan fingerprint density at radius 1 is 1.10 bits per heavy atom. The first-order valence-electron chi connectivity index (χ1n) is 9.34. The molecule has 31 heavy (non-hydrogen) atoms. The van der Waals surface area contributed by atoms with Gasteiger partial charge in [0.25, 0.3) is 0 Å². The molecule has 0 aromatic heterocycles. The van der Waals surface area contributed by atoms with E-state index in [-0.39, 0.29) is 18.5 Å². The van der Waals surface area contributed by atoms with Crippen molar-refractivity contribution in [3.63, 3.8) is 0 Å². The number of hydrogen-bond acceptors (Lipinski definition) is 6. The van der Waals surface area contributed by atoms with E-state index in [1.165, 1.54) is 36.0 Å². The highest BCUT2D eigenvalue weighted by atomic mass is 32.2. The molecule has 0 radical (unpaired) electrons. The molecule has 0 spiro atoms. The molecular weight excluding hydrogens is 437 g/mol. The molecule has 0 aliphatic heterocycles. The van der Waals surface area contributed by atoms with Crippen LogP contribution in [0.15, 0.2) is 47.4 Å². The van der Waals surface area contributed by atoms with Crippen LogP contribution in [0, 0.1) is 6.92 Å². The van der Waals surface area contributed by atoms with Crippen molar-refractivity contribution in [2.75, 3.05) is 25.6 Å². The molecule has 0 fully saturated rings. The first kappa shape index (κ1) is 24.7. The normalized spacial score (nSPS) is 12.3. The second-order valence-electron chi connectivity index (χ2n) is 6.33. The van der Waals surface area contributed by atoms with E-state index >= 15 is 0 Å². The summed E-state index contributed by atoms with van der Waals surface area (Å²) in [6.07, 6.45) is -4.98. The Labute approximate surface area is 182 Å². The van der Waals surface area contributed by atoms with Crippen molar-refractivity contribution in [3.8, 4) is 17.2 Å². The van der Waals surface area contributed by atoms with E-state index < -0.39 is 18.9 Å². The molecule has 0 heterocycles. The number of carboxylic acids is 1. The van der Waals surface area contributed by atoms with Crippen molar-refractivity contribution in [2.45, 2.75) is 31.2 Å². The minimum Gasteiger partial charge on any atom is -0.491 e. The zero-order valence-electron chi connectivity index (χ0n) is 17.0. The molecule has 2 rings (SSSR count). The Balaban J connectivity index is 1.87. The smallest absolute Gasteiger partial charge is 0.491 e. The van der Waals surface area contributed by atoms with Gasteiger partial charge in [-0.2, -0.15) is 0 Å². The lowest BCUT2D eigenvalue weighted by Crippen LogP contribution is -2.24. The van der Waals surface area contributed by atoms with Gasteiger partial charge in [-0.05, 0) is 61.9 Å². The molecule has 0 amide bonds. The summed E-state index contributed by atoms with van der Waals surface area (Å²) in [6, 6.07) is 10.6. The number of carbonyl (C=O) groups is 1. The number of halogens is 3. The fraction of sp³-hybridized carbons (Fsp3) is 0.381. The van der Waals surface area contributed by atoms with E-state index in [0.29, 0.717) is 23.9 Å². The topological polar surface area (TPSA) is 74.2 Å². The average molecular weight is 460 g/mol. The molecule has 0 saturated carbocycles. The first-order chi connectivity index (χ1) is 14.7. The van der Waals surface area contributed by atoms with E-state index in [1.54, 1.807) is 6.07 Å². The molecule has 2 aromatic rings. The molecule has 0 aliphatic carbocycles. The predicted octanol–water partition coefficient (Wildman–Crippen LogP) is 4.93. The number of carboxylic acid groups (broad SMARTS) is 1. The predicted molar refractivity (Wildman–Crippen MR) is 109 cm³/mol. The summed E-state index contributed by atoms with van der Waals surface area (Å²) < 4.78 is 57.0. The highest BCUT2D eigenvalue weighted by Crippen LogP contribution is 2.27. The van der Waals surface area contributed by atoms with Gasteiger partial charge in [0, 0.05) is 17.3 Å². The quantitative estimate of drug-likeness (QED) is 0.450. The summed E-state index contributed by atoms with van der Waals surface area (Å²) in [5.74, 6) is 0.134. The summed E-state index contributed by atoms with van der Waals surface area (Å²) in [5, 5.41) is 8.70. The lowest BCUT2D eigenvalue weighted by atomic mass is 10.2. The van der Waals surface area contributed by atoms with Gasteiger partial charge >= 0.3 is 12.3 Å². The molecule has 170 valence electrons. The van der Waals surface area contributed by atoms with Crippen LogP contribution < -0.4 is 14.2 Å². The van der Waals surface area contributed by atoms with Gasteiger partial charge in [0.1, 0.15) is 30.0 Å². The maximum Gasteiger partial charge on any atom is 0.573 e. The van der Waals surface area contributed by atoms with Crippen molar-refractivity contribution in [1.82, 2.24) is 0 Å². The average Bonchev–Trinajstić information content (AvgIpc) is 2.69. The largest absolute Gasteiger partial charge is 0.573 e. The van der Waals surface area contributed by atoms with Crippen LogP contribution in [0.25, 0.3) is 0 Å². The van der Waals surface area contributed by atoms with Crippen LogP contribution in [0.3, 0.4) is 0 Å². The van der Waals surface area contributed by atoms with Gasteiger partial charge in [0.15, 0.2) is 6.61 Å². The molecular formula is C21H23F3O6S. The fourth-order valence-corrected chi connectivity index (χ4v) is 3.50. The van der Waals surface area contributed by atoms with Crippen molar-refractivity contribution >= 4 is 17.7 Å². The van der Waals surface area contributed by atoms with Gasteiger partial charge in [-0.1, -0.05) is 0 Å². The van der Waals surface area contributed by atoms with Crippen LogP contribution in [0.2, 0.25) is 0 Å². The van der Waals surface area contributed by atoms with Gasteiger partial charge < -0.3 is 24.1 Å². The van der Waals surface area contributed by atoms with E-state index in [9.17, 15) is 18.0 Å². The van der Waals surface area contributed by atoms with Gasteiger partial charge in [0.05, 0.1) is 0 Å². The lowest BCUT2D eigenvalue weighted by molar-refractivity contribution is -0.274. The van der Waals surface area contributed by atoms with E-state index in [4.69, 9.17) is 19.3 Å². The Hall–Kier alpha value is -2.59. The number of thioether (sulfide) groups is 1. The van der Waals surface area contributed by atoms with Gasteiger partial charge in [-0.3, -0.25) is 0 Å². The summed E-state index contributed by atoms with van der Waals surface area (Å²) in [7, 11) is 0. The maximum atomic E-state index is 12.2. The zero-order valence-corrected chi connectivity index (χ0v) is 17.8. The van der Waals surface area contributed by atoms with Crippen molar-refractivity contribution < 1.29 is 42.0 Å². The molecule has 2 aromatic carbocycles. The number of ether oxygens (including phenoxy) is 4. The molecule has 0 aliphatic rings. The number of aryl methyl sites for hydroxylation is 1. The van der Waals surface area contributed by atoms with E-state index in [1.807, 2.05) is 26.0 Å². The van der Waals surface area contributed by atoms with Crippen LogP contribution in [-0.2, 0) is 9.53 Å². The minimum absolute atomic E-state index is 0.221. The first-order valence-corrected chi connectivity index (χ1v) is 10.3. The molecule has 0 bridgehead atoms. The van der Waals surface area contributed by atoms with Crippen molar-refractivity contribution in [3.05, 3.63) is 48.0 Å². The van der Waals surface area contributed by atoms with E-state index in [2.05, 4.69) is 4.74 Å². The zero-order chi connectivity index (χ0) is 22.9. The van der Waals surface area contributed by atoms with Crippen LogP contribution >= 0.6 is 11.8 Å². The maximum absolute atomic E-state index is 12.2. The molecule has 1 N–H and O–H groups in total. The van der Waals surface area contributed by atoms with Crippen LogP contribution in [0.1, 0.15) is 12.5 Å². The van der Waals surface area contributed by atoms with Crippen molar-refractivity contribution in [1.29, 1.82) is 0 Å². The van der Waals surface area contributed by atoms with Crippen LogP contribution in [0.4, 0.5) is 13.2 Å². The van der Waals surface area contributed by atoms with Crippen LogP contribution in [0.5, 0.6) is 17.2 Å². The Kier molecular flexibility index (Phi) is 9.32. The third-order valence-electron chi connectivity index (χ3n) is 3.83. The fourth-order valence-electron chi connectivity index (χ4n) is 2.51.